The number of benzene rings is 1. The molecule has 1 amide bonds. The van der Waals surface area contributed by atoms with Crippen LogP contribution in [0.2, 0.25) is 0 Å². The summed E-state index contributed by atoms with van der Waals surface area (Å²) in [6.07, 6.45) is 5.09. The van der Waals surface area contributed by atoms with Crippen LogP contribution in [0.15, 0.2) is 48.4 Å². The van der Waals surface area contributed by atoms with Gasteiger partial charge in [0.2, 0.25) is 5.95 Å². The van der Waals surface area contributed by atoms with Crippen molar-refractivity contribution in [3.05, 3.63) is 65.2 Å². The van der Waals surface area contributed by atoms with Crippen LogP contribution in [-0.4, -0.2) is 73.5 Å². The van der Waals surface area contributed by atoms with Crippen LogP contribution in [0.1, 0.15) is 42.4 Å². The molecule has 0 bridgehead atoms. The lowest BCUT2D eigenvalue weighted by Crippen LogP contribution is -2.47. The van der Waals surface area contributed by atoms with Gasteiger partial charge in [-0.25, -0.2) is 24.9 Å². The summed E-state index contributed by atoms with van der Waals surface area (Å²) in [5.74, 6) is 1.75. The number of anilines is 4. The monoisotopic (exact) mass is 546 g/mol. The fraction of sp³-hybridized carbons (Fsp3) is 0.370. The Bertz CT molecular complexity index is 1450. The van der Waals surface area contributed by atoms with Crippen molar-refractivity contribution >= 4 is 39.8 Å². The predicted octanol–water partition coefficient (Wildman–Crippen LogP) is 4.29. The summed E-state index contributed by atoms with van der Waals surface area (Å²) in [4.78, 5) is 33.2. The Kier molecular flexibility index (Phi) is 7.60. The molecule has 0 aliphatic carbocycles. The number of hydrogen-bond donors (Lipinski definition) is 3. The summed E-state index contributed by atoms with van der Waals surface area (Å²) in [6, 6.07) is 7.43. The summed E-state index contributed by atoms with van der Waals surface area (Å²) in [6.45, 7) is 12.1. The normalized spacial score (nSPS) is 14.8. The number of amides is 1. The smallest absolute Gasteiger partial charge is 0.257 e. The highest BCUT2D eigenvalue weighted by Crippen LogP contribution is 2.28. The summed E-state index contributed by atoms with van der Waals surface area (Å²) < 4.78 is 1.85. The van der Waals surface area contributed by atoms with Gasteiger partial charge in [0.05, 0.1) is 5.69 Å². The lowest BCUT2D eigenvalue weighted by Gasteiger charge is -2.32. The molecular formula is C27H34N10OS. The van der Waals surface area contributed by atoms with Crippen molar-refractivity contribution in [2.24, 2.45) is 0 Å². The Morgan fingerprint density at radius 1 is 1.05 bits per heavy atom. The van der Waals surface area contributed by atoms with Gasteiger partial charge < -0.3 is 15.6 Å². The van der Waals surface area contributed by atoms with Gasteiger partial charge in [0, 0.05) is 66.7 Å². The van der Waals surface area contributed by atoms with Crippen molar-refractivity contribution in [3.63, 3.8) is 0 Å². The van der Waals surface area contributed by atoms with E-state index in [1.165, 1.54) is 17.7 Å². The number of aryl methyl sites for hydroxylation is 1. The molecule has 5 rings (SSSR count). The first-order valence-electron chi connectivity index (χ1n) is 12.9. The van der Waals surface area contributed by atoms with Gasteiger partial charge in [-0.1, -0.05) is 26.8 Å². The molecule has 1 aliphatic heterocycles. The maximum absolute atomic E-state index is 13.0. The number of rotatable bonds is 7. The number of nitrogens with one attached hydrogen (secondary N) is 3. The number of carbonyl (C=O) groups excluding carboxylic acids is 1. The fourth-order valence-corrected chi connectivity index (χ4v) is 5.00. The van der Waals surface area contributed by atoms with Crippen molar-refractivity contribution in [2.75, 3.05) is 49.3 Å². The average Bonchev–Trinajstić information content (AvgIpc) is 3.57. The van der Waals surface area contributed by atoms with Crippen molar-refractivity contribution < 1.29 is 4.79 Å². The molecule has 12 heteroatoms. The first-order valence-corrected chi connectivity index (χ1v) is 13.7. The minimum Gasteiger partial charge on any atom is -0.325 e. The Hall–Kier alpha value is -3.87. The predicted molar refractivity (Wildman–Crippen MR) is 155 cm³/mol. The van der Waals surface area contributed by atoms with Crippen molar-refractivity contribution in [1.29, 1.82) is 0 Å². The molecule has 0 radical (unpaired) electrons. The van der Waals surface area contributed by atoms with E-state index < -0.39 is 0 Å². The van der Waals surface area contributed by atoms with E-state index >= 15 is 0 Å². The topological polar surface area (TPSA) is 116 Å². The number of piperazine rings is 1. The number of hydrogen-bond acceptors (Lipinski definition) is 10. The van der Waals surface area contributed by atoms with Gasteiger partial charge in [-0.3, -0.25) is 14.7 Å². The number of thiazole rings is 1. The summed E-state index contributed by atoms with van der Waals surface area (Å²) in [7, 11) is 2.13. The maximum atomic E-state index is 13.0. The van der Waals surface area contributed by atoms with Gasteiger partial charge in [-0.05, 0) is 31.7 Å². The van der Waals surface area contributed by atoms with E-state index in [-0.39, 0.29) is 11.3 Å². The molecule has 204 valence electrons. The van der Waals surface area contributed by atoms with Gasteiger partial charge in [0.25, 0.3) is 5.91 Å². The molecule has 1 aliphatic rings. The Morgan fingerprint density at radius 2 is 1.85 bits per heavy atom. The molecular weight excluding hydrogens is 512 g/mol. The van der Waals surface area contributed by atoms with Gasteiger partial charge in [-0.2, -0.15) is 0 Å². The number of hydrazine groups is 1. The Balaban J connectivity index is 1.31. The van der Waals surface area contributed by atoms with Gasteiger partial charge in [0.15, 0.2) is 5.13 Å². The molecule has 0 atom stereocenters. The van der Waals surface area contributed by atoms with Crippen LogP contribution in [0, 0.1) is 6.92 Å². The minimum atomic E-state index is -0.216. The highest BCUT2D eigenvalue weighted by atomic mass is 32.1. The van der Waals surface area contributed by atoms with Crippen LogP contribution in [0.3, 0.4) is 0 Å². The van der Waals surface area contributed by atoms with Crippen LogP contribution >= 0.6 is 11.3 Å². The van der Waals surface area contributed by atoms with Gasteiger partial charge in [0.1, 0.15) is 18.0 Å². The fourth-order valence-electron chi connectivity index (χ4n) is 4.06. The van der Waals surface area contributed by atoms with E-state index in [1.54, 1.807) is 12.3 Å². The van der Waals surface area contributed by atoms with E-state index in [2.05, 4.69) is 73.7 Å². The van der Waals surface area contributed by atoms with E-state index in [0.717, 1.165) is 48.9 Å². The van der Waals surface area contributed by atoms with Crippen molar-refractivity contribution in [1.82, 2.24) is 34.4 Å². The van der Waals surface area contributed by atoms with Crippen LogP contribution in [0.4, 0.5) is 22.6 Å². The lowest BCUT2D eigenvalue weighted by atomic mass is 9.93. The second-order valence-electron chi connectivity index (χ2n) is 10.7. The first-order chi connectivity index (χ1) is 18.7. The highest BCUT2D eigenvalue weighted by Gasteiger charge is 2.19. The van der Waals surface area contributed by atoms with Crippen molar-refractivity contribution in [3.8, 4) is 5.82 Å². The SMILES string of the molecule is Cc1ccc(C(=O)Nc2nc(C(C)(C)C)cs2)cc1Nc1nccn1-c1cc(NN2CCN(C)CC2)ncn1. The number of likely N-dealkylation sites (N-methyl/N-ethyl adjacent to an activating group) is 1. The maximum Gasteiger partial charge on any atom is 0.257 e. The first kappa shape index (κ1) is 26.7. The van der Waals surface area contributed by atoms with Gasteiger partial charge >= 0.3 is 0 Å². The summed E-state index contributed by atoms with van der Waals surface area (Å²) >= 11 is 1.43. The van der Waals surface area contributed by atoms with Crippen LogP contribution in [-0.2, 0) is 5.41 Å². The Labute approximate surface area is 232 Å². The Morgan fingerprint density at radius 3 is 2.59 bits per heavy atom. The van der Waals surface area contributed by atoms with E-state index in [0.29, 0.717) is 22.5 Å². The number of carbonyl (C=O) groups is 1. The summed E-state index contributed by atoms with van der Waals surface area (Å²) in [5.41, 5.74) is 6.53. The van der Waals surface area contributed by atoms with E-state index in [1.807, 2.05) is 41.3 Å². The molecule has 0 spiro atoms. The number of nitrogens with zero attached hydrogens (tertiary/aromatic N) is 7. The zero-order valence-electron chi connectivity index (χ0n) is 22.9. The second-order valence-corrected chi connectivity index (χ2v) is 11.5. The number of aromatic nitrogens is 5. The standard InChI is InChI=1S/C27H34N10OS/c1-18-6-7-19(24(38)33-26-32-21(16-39-26)27(2,3)4)14-20(18)31-25-28-8-9-37(25)23-15-22(29-17-30-23)34-36-12-10-35(5)11-13-36/h6-9,14-17H,10-13H2,1-5H3,(H,28,31)(H,29,30,34)(H,32,33,38). The molecule has 1 aromatic carbocycles. The molecule has 3 N–H and O–H groups in total. The van der Waals surface area contributed by atoms with Crippen LogP contribution < -0.4 is 16.1 Å². The molecule has 1 fully saturated rings. The molecule has 39 heavy (non-hydrogen) atoms. The molecule has 0 saturated carbocycles. The van der Waals surface area contributed by atoms with Crippen LogP contribution in [0.5, 0.6) is 0 Å². The zero-order valence-corrected chi connectivity index (χ0v) is 23.7. The van der Waals surface area contributed by atoms with E-state index in [9.17, 15) is 4.79 Å². The highest BCUT2D eigenvalue weighted by molar-refractivity contribution is 7.14. The summed E-state index contributed by atoms with van der Waals surface area (Å²) in [5, 5.41) is 11.0. The van der Waals surface area contributed by atoms with Gasteiger partial charge in [-0.15, -0.1) is 11.3 Å². The van der Waals surface area contributed by atoms with E-state index in [4.69, 9.17) is 0 Å². The largest absolute Gasteiger partial charge is 0.325 e. The molecule has 4 aromatic rings. The van der Waals surface area contributed by atoms with Crippen molar-refractivity contribution in [2.45, 2.75) is 33.1 Å². The third kappa shape index (κ3) is 6.41. The third-order valence-electron chi connectivity index (χ3n) is 6.56. The third-order valence-corrected chi connectivity index (χ3v) is 7.31. The number of imidazole rings is 1. The lowest BCUT2D eigenvalue weighted by molar-refractivity contribution is 0.102. The van der Waals surface area contributed by atoms with Crippen LogP contribution in [0.25, 0.3) is 5.82 Å². The molecule has 0 unspecified atom stereocenters. The molecule has 11 nitrogen and oxygen atoms in total. The quantitative estimate of drug-likeness (QED) is 0.312. The average molecular weight is 547 g/mol. The molecule has 1 saturated heterocycles. The second kappa shape index (κ2) is 11.1. The molecule has 4 heterocycles. The molecule has 3 aromatic heterocycles. The minimum absolute atomic E-state index is 0.0760. The zero-order chi connectivity index (χ0) is 27.6.